The standard InChI is InChI=1S/C37H43N3O4/c1-37(2)22-29-35(31(41)23-37)36(27-14-15-32(43-3)33(21-27)44-4)40(30-13-9-8-12-28(30)38-29)24-34(42)39-18-16-26(17-19-39)20-25-10-6-5-7-11-25/h5-15,21,26,36,38H,16-20,22-24H2,1-4H3. The molecule has 1 fully saturated rings. The van der Waals surface area contributed by atoms with Gasteiger partial charge in [0.15, 0.2) is 17.3 Å². The number of benzene rings is 3. The van der Waals surface area contributed by atoms with Crippen molar-refractivity contribution in [2.45, 2.75) is 52.0 Å². The fourth-order valence-corrected chi connectivity index (χ4v) is 7.18. The third-order valence-corrected chi connectivity index (χ3v) is 9.37. The molecule has 0 spiro atoms. The van der Waals surface area contributed by atoms with Gasteiger partial charge in [-0.15, -0.1) is 0 Å². The highest BCUT2D eigenvalue weighted by Crippen LogP contribution is 2.49. The molecule has 0 saturated carbocycles. The predicted octanol–water partition coefficient (Wildman–Crippen LogP) is 6.80. The Balaban J connectivity index is 1.35. The van der Waals surface area contributed by atoms with Crippen LogP contribution in [0.4, 0.5) is 11.4 Å². The number of nitrogens with one attached hydrogen (secondary N) is 1. The first-order valence-corrected chi connectivity index (χ1v) is 15.7. The number of carbonyl (C=O) groups is 2. The lowest BCUT2D eigenvalue weighted by atomic mass is 9.73. The number of fused-ring (bicyclic) bond motifs is 1. The van der Waals surface area contributed by atoms with Crippen LogP contribution in [0.25, 0.3) is 0 Å². The van der Waals surface area contributed by atoms with Gasteiger partial charge >= 0.3 is 0 Å². The van der Waals surface area contributed by atoms with E-state index in [4.69, 9.17) is 9.47 Å². The molecule has 1 unspecified atom stereocenters. The number of likely N-dealkylation sites (tertiary alicyclic amines) is 1. The molecule has 7 nitrogen and oxygen atoms in total. The summed E-state index contributed by atoms with van der Waals surface area (Å²) in [5.41, 5.74) is 5.53. The molecular formula is C37H43N3O4. The zero-order valence-corrected chi connectivity index (χ0v) is 26.3. The van der Waals surface area contributed by atoms with Gasteiger partial charge in [-0.05, 0) is 72.4 Å². The molecule has 0 aromatic heterocycles. The second-order valence-electron chi connectivity index (χ2n) is 13.1. The number of ether oxygens (including phenoxy) is 2. The number of carbonyl (C=O) groups excluding carboxylic acids is 2. The van der Waals surface area contributed by atoms with Crippen molar-refractivity contribution in [3.8, 4) is 11.5 Å². The highest BCUT2D eigenvalue weighted by molar-refractivity contribution is 6.02. The van der Waals surface area contributed by atoms with Crippen LogP contribution in [0.1, 0.15) is 56.7 Å². The van der Waals surface area contributed by atoms with Crippen LogP contribution in [0, 0.1) is 11.3 Å². The molecule has 3 aromatic rings. The summed E-state index contributed by atoms with van der Waals surface area (Å²) >= 11 is 0. The Labute approximate surface area is 260 Å². The average Bonchev–Trinajstić information content (AvgIpc) is 3.15. The fraction of sp³-hybridized carbons (Fsp3) is 0.405. The molecular weight excluding hydrogens is 550 g/mol. The molecule has 6 rings (SSSR count). The number of hydrogen-bond donors (Lipinski definition) is 1. The number of Topliss-reactive ketones (excluding diaryl/α,β-unsaturated/α-hetero) is 1. The zero-order chi connectivity index (χ0) is 30.8. The van der Waals surface area contributed by atoms with Gasteiger partial charge in [-0.1, -0.05) is 62.4 Å². The average molecular weight is 594 g/mol. The molecule has 7 heteroatoms. The molecule has 1 amide bonds. The molecule has 44 heavy (non-hydrogen) atoms. The Morgan fingerprint density at radius 1 is 0.909 bits per heavy atom. The maximum Gasteiger partial charge on any atom is 0.242 e. The summed E-state index contributed by atoms with van der Waals surface area (Å²) in [5, 5.41) is 3.65. The maximum absolute atomic E-state index is 14.1. The summed E-state index contributed by atoms with van der Waals surface area (Å²) in [6, 6.07) is 24.0. The number of piperidine rings is 1. The Hall–Kier alpha value is -4.26. The molecule has 0 radical (unpaired) electrons. The molecule has 2 aliphatic heterocycles. The largest absolute Gasteiger partial charge is 0.493 e. The maximum atomic E-state index is 14.1. The summed E-state index contributed by atoms with van der Waals surface area (Å²) in [7, 11) is 3.23. The van der Waals surface area contributed by atoms with E-state index in [0.717, 1.165) is 67.0 Å². The van der Waals surface area contributed by atoms with Crippen molar-refractivity contribution in [3.05, 3.63) is 95.2 Å². The van der Waals surface area contributed by atoms with Gasteiger partial charge in [-0.3, -0.25) is 9.59 Å². The van der Waals surface area contributed by atoms with Crippen LogP contribution in [-0.2, 0) is 16.0 Å². The van der Waals surface area contributed by atoms with Crippen molar-refractivity contribution in [2.24, 2.45) is 11.3 Å². The van der Waals surface area contributed by atoms with Crippen molar-refractivity contribution < 1.29 is 19.1 Å². The van der Waals surface area contributed by atoms with Crippen LogP contribution in [0.5, 0.6) is 11.5 Å². The highest BCUT2D eigenvalue weighted by atomic mass is 16.5. The predicted molar refractivity (Wildman–Crippen MR) is 174 cm³/mol. The van der Waals surface area contributed by atoms with Crippen LogP contribution < -0.4 is 19.7 Å². The summed E-state index contributed by atoms with van der Waals surface area (Å²) in [4.78, 5) is 32.3. The molecule has 1 atom stereocenters. The second kappa shape index (κ2) is 12.4. The number of amides is 1. The molecule has 2 heterocycles. The van der Waals surface area contributed by atoms with Crippen LogP contribution in [0.2, 0.25) is 0 Å². The van der Waals surface area contributed by atoms with Crippen LogP contribution >= 0.6 is 0 Å². The van der Waals surface area contributed by atoms with Crippen LogP contribution in [0.3, 0.4) is 0 Å². The Kier molecular flexibility index (Phi) is 8.39. The highest BCUT2D eigenvalue weighted by Gasteiger charge is 2.42. The third-order valence-electron chi connectivity index (χ3n) is 9.37. The van der Waals surface area contributed by atoms with Gasteiger partial charge in [0.05, 0.1) is 38.2 Å². The van der Waals surface area contributed by atoms with Gasteiger partial charge in [0, 0.05) is 30.8 Å². The minimum Gasteiger partial charge on any atom is -0.493 e. The monoisotopic (exact) mass is 593 g/mol. The van der Waals surface area contributed by atoms with Crippen molar-refractivity contribution in [2.75, 3.05) is 44.1 Å². The number of hydrogen-bond acceptors (Lipinski definition) is 6. The van der Waals surface area contributed by atoms with Gasteiger partial charge < -0.3 is 24.6 Å². The van der Waals surface area contributed by atoms with Crippen LogP contribution in [-0.4, -0.2) is 50.4 Å². The van der Waals surface area contributed by atoms with Gasteiger partial charge in [-0.25, -0.2) is 0 Å². The normalized spacial score (nSPS) is 19.9. The number of anilines is 2. The van der Waals surface area contributed by atoms with Crippen molar-refractivity contribution in [1.29, 1.82) is 0 Å². The van der Waals surface area contributed by atoms with Crippen LogP contribution in [0.15, 0.2) is 84.1 Å². The van der Waals surface area contributed by atoms with E-state index in [1.54, 1.807) is 14.2 Å². The molecule has 230 valence electrons. The van der Waals surface area contributed by atoms with Gasteiger partial charge in [0.25, 0.3) is 0 Å². The number of ketones is 1. The van der Waals surface area contributed by atoms with E-state index in [-0.39, 0.29) is 23.7 Å². The molecule has 3 aromatic carbocycles. The zero-order valence-electron chi connectivity index (χ0n) is 26.3. The number of nitrogens with zero attached hydrogens (tertiary/aromatic N) is 2. The number of methoxy groups -OCH3 is 2. The van der Waals surface area contributed by atoms with E-state index >= 15 is 0 Å². The Morgan fingerprint density at radius 3 is 2.34 bits per heavy atom. The van der Waals surface area contributed by atoms with E-state index in [1.165, 1.54) is 5.56 Å². The lowest BCUT2D eigenvalue weighted by Gasteiger charge is -2.39. The van der Waals surface area contributed by atoms with E-state index < -0.39 is 6.04 Å². The fourth-order valence-electron chi connectivity index (χ4n) is 7.18. The summed E-state index contributed by atoms with van der Waals surface area (Å²) in [5.74, 6) is 1.97. The smallest absolute Gasteiger partial charge is 0.242 e. The second-order valence-corrected chi connectivity index (χ2v) is 13.1. The molecule has 1 N–H and O–H groups in total. The van der Waals surface area contributed by atoms with Gasteiger partial charge in [-0.2, -0.15) is 0 Å². The van der Waals surface area contributed by atoms with E-state index in [0.29, 0.717) is 23.8 Å². The summed E-state index contributed by atoms with van der Waals surface area (Å²) in [6.07, 6.45) is 4.21. The van der Waals surface area contributed by atoms with Gasteiger partial charge in [0.1, 0.15) is 0 Å². The van der Waals surface area contributed by atoms with Crippen molar-refractivity contribution in [3.63, 3.8) is 0 Å². The lowest BCUT2D eigenvalue weighted by Crippen LogP contribution is -2.46. The summed E-state index contributed by atoms with van der Waals surface area (Å²) in [6.45, 7) is 5.93. The Bertz CT molecular complexity index is 1560. The Morgan fingerprint density at radius 2 is 1.61 bits per heavy atom. The third kappa shape index (κ3) is 6.05. The van der Waals surface area contributed by atoms with E-state index in [2.05, 4.69) is 54.4 Å². The minimum atomic E-state index is -0.468. The van der Waals surface area contributed by atoms with Gasteiger partial charge in [0.2, 0.25) is 5.91 Å². The van der Waals surface area contributed by atoms with Crippen molar-refractivity contribution >= 4 is 23.1 Å². The molecule has 1 saturated heterocycles. The molecule has 3 aliphatic rings. The number of allylic oxidation sites excluding steroid dienone is 1. The SMILES string of the molecule is COc1ccc(C2C3=C(CC(C)(C)CC3=O)Nc3ccccc3N2CC(=O)N2CCC(Cc3ccccc3)CC2)cc1OC. The van der Waals surface area contributed by atoms with Crippen molar-refractivity contribution in [1.82, 2.24) is 4.90 Å². The lowest BCUT2D eigenvalue weighted by molar-refractivity contribution is -0.131. The summed E-state index contributed by atoms with van der Waals surface area (Å²) < 4.78 is 11.2. The van der Waals surface area contributed by atoms with E-state index in [1.807, 2.05) is 47.4 Å². The number of rotatable bonds is 7. The van der Waals surface area contributed by atoms with E-state index in [9.17, 15) is 9.59 Å². The first kappa shape index (κ1) is 29.8. The minimum absolute atomic E-state index is 0.0797. The topological polar surface area (TPSA) is 71.1 Å². The first-order chi connectivity index (χ1) is 21.3. The molecule has 1 aliphatic carbocycles. The first-order valence-electron chi connectivity index (χ1n) is 15.7. The number of para-hydroxylation sites is 2. The molecule has 0 bridgehead atoms. The quantitative estimate of drug-likeness (QED) is 0.325.